The van der Waals surface area contributed by atoms with Gasteiger partial charge in [-0.05, 0) is 50.3 Å². The maximum atomic E-state index is 12.4. The molecular formula is C17H22BrNO. The highest BCUT2D eigenvalue weighted by molar-refractivity contribution is 9.10. The second kappa shape index (κ2) is 6.40. The van der Waals surface area contributed by atoms with E-state index in [-0.39, 0.29) is 5.78 Å². The van der Waals surface area contributed by atoms with Gasteiger partial charge in [0.15, 0.2) is 5.78 Å². The molecule has 20 heavy (non-hydrogen) atoms. The second-order valence-corrected chi connectivity index (χ2v) is 7.07. The van der Waals surface area contributed by atoms with Crippen LogP contribution in [-0.4, -0.2) is 29.8 Å². The van der Waals surface area contributed by atoms with Gasteiger partial charge in [-0.2, -0.15) is 0 Å². The van der Waals surface area contributed by atoms with E-state index < -0.39 is 0 Å². The number of carbonyl (C=O) groups excluding carboxylic acids is 1. The molecule has 1 heterocycles. The highest BCUT2D eigenvalue weighted by Gasteiger charge is 2.33. The normalized spacial score (nSPS) is 27.1. The molecule has 3 rings (SSSR count). The molecule has 1 aromatic carbocycles. The minimum atomic E-state index is 0.267. The Morgan fingerprint density at radius 1 is 1.10 bits per heavy atom. The van der Waals surface area contributed by atoms with E-state index in [1.165, 1.54) is 38.5 Å². The van der Waals surface area contributed by atoms with Gasteiger partial charge in [-0.15, -0.1) is 0 Å². The number of piperidine rings is 1. The van der Waals surface area contributed by atoms with Crippen LogP contribution in [0.2, 0.25) is 0 Å². The summed E-state index contributed by atoms with van der Waals surface area (Å²) in [5.74, 6) is 1.11. The number of benzene rings is 1. The van der Waals surface area contributed by atoms with Crippen molar-refractivity contribution in [3.05, 3.63) is 34.3 Å². The van der Waals surface area contributed by atoms with Crippen molar-refractivity contribution in [3.8, 4) is 0 Å². The molecule has 0 bridgehead atoms. The molecule has 0 unspecified atom stereocenters. The van der Waals surface area contributed by atoms with E-state index in [1.807, 2.05) is 24.3 Å². The van der Waals surface area contributed by atoms with Gasteiger partial charge in [0.05, 0.1) is 6.54 Å². The van der Waals surface area contributed by atoms with Crippen LogP contribution in [0.4, 0.5) is 0 Å². The van der Waals surface area contributed by atoms with E-state index >= 15 is 0 Å². The van der Waals surface area contributed by atoms with Gasteiger partial charge >= 0.3 is 0 Å². The lowest BCUT2D eigenvalue weighted by atomic mass is 9.78. The van der Waals surface area contributed by atoms with Crippen molar-refractivity contribution in [1.29, 1.82) is 0 Å². The summed E-state index contributed by atoms with van der Waals surface area (Å²) in [7, 11) is 0. The largest absolute Gasteiger partial charge is 0.293 e. The summed E-state index contributed by atoms with van der Waals surface area (Å²) < 4.78 is 1.03. The SMILES string of the molecule is O=C(CN1CCC[C@H]2CCCC[C@H]21)c1ccc(Br)cc1. The lowest BCUT2D eigenvalue weighted by Crippen LogP contribution is -2.48. The van der Waals surface area contributed by atoms with Crippen LogP contribution in [0.5, 0.6) is 0 Å². The Bertz CT molecular complexity index is 468. The van der Waals surface area contributed by atoms with Crippen molar-refractivity contribution < 1.29 is 4.79 Å². The number of fused-ring (bicyclic) bond motifs is 1. The number of likely N-dealkylation sites (tertiary alicyclic amines) is 1. The summed E-state index contributed by atoms with van der Waals surface area (Å²) in [5, 5.41) is 0. The topological polar surface area (TPSA) is 20.3 Å². The summed E-state index contributed by atoms with van der Waals surface area (Å²) >= 11 is 3.42. The van der Waals surface area contributed by atoms with E-state index in [0.717, 1.165) is 22.5 Å². The Morgan fingerprint density at radius 2 is 1.80 bits per heavy atom. The molecule has 0 amide bonds. The van der Waals surface area contributed by atoms with Gasteiger partial charge in [-0.25, -0.2) is 0 Å². The molecule has 2 fully saturated rings. The van der Waals surface area contributed by atoms with Gasteiger partial charge < -0.3 is 0 Å². The van der Waals surface area contributed by atoms with Crippen molar-refractivity contribution in [1.82, 2.24) is 4.90 Å². The number of carbonyl (C=O) groups is 1. The van der Waals surface area contributed by atoms with Crippen molar-refractivity contribution in [2.75, 3.05) is 13.1 Å². The van der Waals surface area contributed by atoms with Crippen LogP contribution in [0.15, 0.2) is 28.7 Å². The maximum absolute atomic E-state index is 12.4. The molecule has 0 N–H and O–H groups in total. The van der Waals surface area contributed by atoms with E-state index in [9.17, 15) is 4.79 Å². The quantitative estimate of drug-likeness (QED) is 0.768. The third-order valence-corrected chi connectivity index (χ3v) is 5.40. The highest BCUT2D eigenvalue weighted by Crippen LogP contribution is 2.35. The number of rotatable bonds is 3. The van der Waals surface area contributed by atoms with E-state index in [0.29, 0.717) is 12.6 Å². The van der Waals surface area contributed by atoms with Crippen LogP contribution in [-0.2, 0) is 0 Å². The average Bonchev–Trinajstić information content (AvgIpc) is 2.48. The third kappa shape index (κ3) is 3.15. The zero-order chi connectivity index (χ0) is 13.9. The predicted molar refractivity (Wildman–Crippen MR) is 85.0 cm³/mol. The van der Waals surface area contributed by atoms with Crippen molar-refractivity contribution in [2.45, 2.75) is 44.6 Å². The molecule has 1 saturated heterocycles. The summed E-state index contributed by atoms with van der Waals surface area (Å²) in [4.78, 5) is 14.9. The number of nitrogens with zero attached hydrogens (tertiary/aromatic N) is 1. The number of ketones is 1. The van der Waals surface area contributed by atoms with Crippen LogP contribution < -0.4 is 0 Å². The van der Waals surface area contributed by atoms with Crippen LogP contribution >= 0.6 is 15.9 Å². The predicted octanol–water partition coefficient (Wildman–Crippen LogP) is 4.29. The fourth-order valence-electron chi connectivity index (χ4n) is 3.84. The molecule has 2 atom stereocenters. The minimum Gasteiger partial charge on any atom is -0.293 e. The lowest BCUT2D eigenvalue weighted by Gasteiger charge is -2.43. The molecule has 2 aliphatic rings. The molecule has 3 heteroatoms. The molecule has 0 radical (unpaired) electrons. The van der Waals surface area contributed by atoms with Gasteiger partial charge in [-0.1, -0.05) is 40.9 Å². The van der Waals surface area contributed by atoms with Crippen LogP contribution in [0.25, 0.3) is 0 Å². The Labute approximate surface area is 129 Å². The molecule has 2 nitrogen and oxygen atoms in total. The Hall–Kier alpha value is -0.670. The fourth-order valence-corrected chi connectivity index (χ4v) is 4.10. The zero-order valence-electron chi connectivity index (χ0n) is 11.9. The first-order valence-corrected chi connectivity index (χ1v) is 8.56. The fraction of sp³-hybridized carbons (Fsp3) is 0.588. The van der Waals surface area contributed by atoms with E-state index in [2.05, 4.69) is 20.8 Å². The minimum absolute atomic E-state index is 0.267. The van der Waals surface area contributed by atoms with Crippen LogP contribution in [0.3, 0.4) is 0 Å². The Kier molecular flexibility index (Phi) is 4.57. The molecule has 108 valence electrons. The van der Waals surface area contributed by atoms with Crippen LogP contribution in [0, 0.1) is 5.92 Å². The zero-order valence-corrected chi connectivity index (χ0v) is 13.4. The van der Waals surface area contributed by atoms with Crippen molar-refractivity contribution in [2.24, 2.45) is 5.92 Å². The number of hydrogen-bond donors (Lipinski definition) is 0. The first-order valence-electron chi connectivity index (χ1n) is 7.77. The summed E-state index contributed by atoms with van der Waals surface area (Å²) in [5.41, 5.74) is 0.839. The number of halogens is 1. The molecule has 1 aromatic rings. The van der Waals surface area contributed by atoms with Crippen molar-refractivity contribution >= 4 is 21.7 Å². The summed E-state index contributed by atoms with van der Waals surface area (Å²) in [6, 6.07) is 8.42. The van der Waals surface area contributed by atoms with E-state index in [1.54, 1.807) is 0 Å². The standard InChI is InChI=1S/C17H22BrNO/c18-15-9-7-14(8-10-15)17(20)12-19-11-3-5-13-4-1-2-6-16(13)19/h7-10,13,16H,1-6,11-12H2/t13-,16-/m1/s1. The first kappa shape index (κ1) is 14.3. The van der Waals surface area contributed by atoms with Gasteiger partial charge in [0.1, 0.15) is 0 Å². The molecule has 1 aliphatic heterocycles. The van der Waals surface area contributed by atoms with E-state index in [4.69, 9.17) is 0 Å². The second-order valence-electron chi connectivity index (χ2n) is 6.15. The Balaban J connectivity index is 1.66. The third-order valence-electron chi connectivity index (χ3n) is 4.87. The molecule has 0 aromatic heterocycles. The molecule has 1 aliphatic carbocycles. The molecule has 0 spiro atoms. The van der Waals surface area contributed by atoms with Gasteiger partial charge in [0.25, 0.3) is 0 Å². The van der Waals surface area contributed by atoms with Crippen molar-refractivity contribution in [3.63, 3.8) is 0 Å². The first-order chi connectivity index (χ1) is 9.74. The summed E-state index contributed by atoms with van der Waals surface area (Å²) in [6.45, 7) is 1.70. The highest BCUT2D eigenvalue weighted by atomic mass is 79.9. The van der Waals surface area contributed by atoms with Crippen LogP contribution in [0.1, 0.15) is 48.9 Å². The number of hydrogen-bond acceptors (Lipinski definition) is 2. The number of Topliss-reactive ketones (excluding diaryl/α,β-unsaturated/α-hetero) is 1. The lowest BCUT2D eigenvalue weighted by molar-refractivity contribution is 0.0539. The smallest absolute Gasteiger partial charge is 0.176 e. The molecule has 1 saturated carbocycles. The monoisotopic (exact) mass is 335 g/mol. The van der Waals surface area contributed by atoms with Gasteiger partial charge in [-0.3, -0.25) is 9.69 Å². The van der Waals surface area contributed by atoms with Gasteiger partial charge in [0.2, 0.25) is 0 Å². The Morgan fingerprint density at radius 3 is 2.60 bits per heavy atom. The maximum Gasteiger partial charge on any atom is 0.176 e. The average molecular weight is 336 g/mol. The van der Waals surface area contributed by atoms with Gasteiger partial charge in [0, 0.05) is 16.1 Å². The molecular weight excluding hydrogens is 314 g/mol. The summed E-state index contributed by atoms with van der Waals surface area (Å²) in [6.07, 6.45) is 8.01.